The number of ether oxygens (including phenoxy) is 1. The van der Waals surface area contributed by atoms with Crippen LogP contribution in [0.15, 0.2) is 53.4 Å². The first kappa shape index (κ1) is 21.0. The van der Waals surface area contributed by atoms with Crippen LogP contribution in [0.1, 0.15) is 18.4 Å². The standard InChI is InChI=1S/C22H27ClN2O2S/c1-27-19-9-7-18(8-10-19)17-24-12-4-13-25(15-14-24)22(26)11-16-28-21-6-3-2-5-20(21)23/h2-3,5-10H,4,11-17H2,1H3. The SMILES string of the molecule is COc1ccc(CN2CCCN(C(=O)CCSc3ccccc3Cl)CC2)cc1. The van der Waals surface area contributed by atoms with Gasteiger partial charge in [0.2, 0.25) is 5.91 Å². The van der Waals surface area contributed by atoms with Gasteiger partial charge in [0.1, 0.15) is 5.75 Å². The van der Waals surface area contributed by atoms with Gasteiger partial charge in [-0.25, -0.2) is 0 Å². The number of nitrogens with zero attached hydrogens (tertiary/aromatic N) is 2. The number of carbonyl (C=O) groups is 1. The summed E-state index contributed by atoms with van der Waals surface area (Å²) >= 11 is 7.83. The molecule has 0 N–H and O–H groups in total. The van der Waals surface area contributed by atoms with Crippen molar-refractivity contribution in [3.05, 3.63) is 59.1 Å². The second-order valence-corrected chi connectivity index (χ2v) is 8.43. The molecule has 0 bridgehead atoms. The van der Waals surface area contributed by atoms with Gasteiger partial charge in [-0.2, -0.15) is 0 Å². The van der Waals surface area contributed by atoms with E-state index < -0.39 is 0 Å². The van der Waals surface area contributed by atoms with Gasteiger partial charge in [-0.15, -0.1) is 11.8 Å². The van der Waals surface area contributed by atoms with Gasteiger partial charge in [-0.3, -0.25) is 9.69 Å². The Balaban J connectivity index is 1.43. The fourth-order valence-electron chi connectivity index (χ4n) is 3.34. The van der Waals surface area contributed by atoms with E-state index in [4.69, 9.17) is 16.3 Å². The van der Waals surface area contributed by atoms with Crippen molar-refractivity contribution in [2.45, 2.75) is 24.3 Å². The summed E-state index contributed by atoms with van der Waals surface area (Å²) in [6, 6.07) is 16.0. The Kier molecular flexibility index (Phi) is 8.07. The van der Waals surface area contributed by atoms with Crippen LogP contribution in [0.2, 0.25) is 5.02 Å². The number of carbonyl (C=O) groups excluding carboxylic acids is 1. The Labute approximate surface area is 176 Å². The number of hydrogen-bond donors (Lipinski definition) is 0. The Bertz CT molecular complexity index is 769. The van der Waals surface area contributed by atoms with Crippen LogP contribution in [0.3, 0.4) is 0 Å². The monoisotopic (exact) mass is 418 g/mol. The molecule has 28 heavy (non-hydrogen) atoms. The predicted molar refractivity (Wildman–Crippen MR) is 116 cm³/mol. The van der Waals surface area contributed by atoms with Gasteiger partial charge in [0.15, 0.2) is 0 Å². The molecule has 1 aliphatic rings. The first-order valence-electron chi connectivity index (χ1n) is 9.66. The zero-order valence-corrected chi connectivity index (χ0v) is 17.8. The van der Waals surface area contributed by atoms with E-state index in [2.05, 4.69) is 17.0 Å². The van der Waals surface area contributed by atoms with E-state index in [1.807, 2.05) is 41.3 Å². The Morgan fingerprint density at radius 1 is 1.07 bits per heavy atom. The summed E-state index contributed by atoms with van der Waals surface area (Å²) in [5.74, 6) is 1.88. The summed E-state index contributed by atoms with van der Waals surface area (Å²) in [4.78, 5) is 18.1. The molecule has 2 aromatic carbocycles. The minimum absolute atomic E-state index is 0.242. The lowest BCUT2D eigenvalue weighted by Crippen LogP contribution is -2.35. The van der Waals surface area contributed by atoms with Crippen LogP contribution in [0.4, 0.5) is 0 Å². The number of thioether (sulfide) groups is 1. The van der Waals surface area contributed by atoms with Crippen LogP contribution in [0.25, 0.3) is 0 Å². The van der Waals surface area contributed by atoms with E-state index in [9.17, 15) is 4.79 Å². The number of methoxy groups -OCH3 is 1. The third-order valence-electron chi connectivity index (χ3n) is 4.92. The van der Waals surface area contributed by atoms with E-state index in [0.717, 1.165) is 60.6 Å². The van der Waals surface area contributed by atoms with Crippen molar-refractivity contribution in [2.75, 3.05) is 39.0 Å². The highest BCUT2D eigenvalue weighted by molar-refractivity contribution is 7.99. The van der Waals surface area contributed by atoms with E-state index in [-0.39, 0.29) is 5.91 Å². The molecule has 0 unspecified atom stereocenters. The topological polar surface area (TPSA) is 32.8 Å². The third-order valence-corrected chi connectivity index (χ3v) is 6.43. The molecule has 2 aromatic rings. The number of benzene rings is 2. The van der Waals surface area contributed by atoms with Gasteiger partial charge in [0.05, 0.1) is 12.1 Å². The van der Waals surface area contributed by atoms with Crippen molar-refractivity contribution < 1.29 is 9.53 Å². The van der Waals surface area contributed by atoms with Crippen LogP contribution >= 0.6 is 23.4 Å². The fourth-order valence-corrected chi connectivity index (χ4v) is 4.51. The molecular formula is C22H27ClN2O2S. The van der Waals surface area contributed by atoms with Crippen LogP contribution in [0, 0.1) is 0 Å². The van der Waals surface area contributed by atoms with Crippen molar-refractivity contribution in [1.82, 2.24) is 9.80 Å². The maximum absolute atomic E-state index is 12.6. The molecule has 1 heterocycles. The summed E-state index contributed by atoms with van der Waals surface area (Å²) in [5.41, 5.74) is 1.27. The van der Waals surface area contributed by atoms with Crippen LogP contribution < -0.4 is 4.74 Å². The maximum atomic E-state index is 12.6. The first-order chi connectivity index (χ1) is 13.7. The van der Waals surface area contributed by atoms with Gasteiger partial charge >= 0.3 is 0 Å². The minimum Gasteiger partial charge on any atom is -0.497 e. The lowest BCUT2D eigenvalue weighted by molar-refractivity contribution is -0.130. The summed E-state index contributed by atoms with van der Waals surface area (Å²) in [6.07, 6.45) is 1.56. The molecular weight excluding hydrogens is 392 g/mol. The molecule has 6 heteroatoms. The van der Waals surface area contributed by atoms with Crippen LogP contribution in [0.5, 0.6) is 5.75 Å². The van der Waals surface area contributed by atoms with Gasteiger partial charge < -0.3 is 9.64 Å². The molecule has 0 spiro atoms. The fraction of sp³-hybridized carbons (Fsp3) is 0.409. The molecule has 0 aromatic heterocycles. The number of rotatable bonds is 7. The quantitative estimate of drug-likeness (QED) is 0.617. The van der Waals surface area contributed by atoms with Crippen LogP contribution in [-0.2, 0) is 11.3 Å². The van der Waals surface area contributed by atoms with Crippen molar-refractivity contribution in [3.63, 3.8) is 0 Å². The van der Waals surface area contributed by atoms with E-state index in [1.165, 1.54) is 5.56 Å². The molecule has 0 aliphatic carbocycles. The lowest BCUT2D eigenvalue weighted by atomic mass is 10.2. The number of amides is 1. The van der Waals surface area contributed by atoms with Crippen molar-refractivity contribution in [1.29, 1.82) is 0 Å². The molecule has 150 valence electrons. The van der Waals surface area contributed by atoms with Crippen LogP contribution in [-0.4, -0.2) is 54.7 Å². The average molecular weight is 419 g/mol. The highest BCUT2D eigenvalue weighted by atomic mass is 35.5. The van der Waals surface area contributed by atoms with E-state index >= 15 is 0 Å². The van der Waals surface area contributed by atoms with Gasteiger partial charge in [-0.05, 0) is 36.2 Å². The zero-order valence-electron chi connectivity index (χ0n) is 16.3. The van der Waals surface area contributed by atoms with Crippen molar-refractivity contribution >= 4 is 29.3 Å². The summed E-state index contributed by atoms with van der Waals surface area (Å²) in [5, 5.41) is 0.754. The smallest absolute Gasteiger partial charge is 0.223 e. The molecule has 1 saturated heterocycles. The molecule has 1 aliphatic heterocycles. The van der Waals surface area contributed by atoms with E-state index in [0.29, 0.717) is 6.42 Å². The molecule has 1 amide bonds. The highest BCUT2D eigenvalue weighted by Gasteiger charge is 2.19. The first-order valence-corrected chi connectivity index (χ1v) is 11.0. The minimum atomic E-state index is 0.242. The highest BCUT2D eigenvalue weighted by Crippen LogP contribution is 2.27. The number of halogens is 1. The van der Waals surface area contributed by atoms with Gasteiger partial charge in [-0.1, -0.05) is 35.9 Å². The molecule has 1 fully saturated rings. The molecule has 4 nitrogen and oxygen atoms in total. The lowest BCUT2D eigenvalue weighted by Gasteiger charge is -2.22. The summed E-state index contributed by atoms with van der Waals surface area (Å²) < 4.78 is 5.22. The average Bonchev–Trinajstić information content (AvgIpc) is 2.95. The van der Waals surface area contributed by atoms with Crippen molar-refractivity contribution in [2.24, 2.45) is 0 Å². The Morgan fingerprint density at radius 2 is 1.86 bits per heavy atom. The Hall–Kier alpha value is -1.69. The third kappa shape index (κ3) is 6.16. The van der Waals surface area contributed by atoms with Gasteiger partial charge in [0.25, 0.3) is 0 Å². The molecule has 0 radical (unpaired) electrons. The van der Waals surface area contributed by atoms with Gasteiger partial charge in [0, 0.05) is 49.8 Å². The second kappa shape index (κ2) is 10.7. The molecule has 0 atom stereocenters. The molecule has 0 saturated carbocycles. The summed E-state index contributed by atoms with van der Waals surface area (Å²) in [7, 11) is 1.68. The summed E-state index contributed by atoms with van der Waals surface area (Å²) in [6.45, 7) is 4.48. The zero-order chi connectivity index (χ0) is 19.8. The number of hydrogen-bond acceptors (Lipinski definition) is 4. The Morgan fingerprint density at radius 3 is 2.61 bits per heavy atom. The van der Waals surface area contributed by atoms with Crippen molar-refractivity contribution in [3.8, 4) is 5.75 Å². The van der Waals surface area contributed by atoms with E-state index in [1.54, 1.807) is 18.9 Å². The second-order valence-electron chi connectivity index (χ2n) is 6.89. The largest absolute Gasteiger partial charge is 0.497 e. The molecule has 3 rings (SSSR count). The maximum Gasteiger partial charge on any atom is 0.223 e. The predicted octanol–water partition coefficient (Wildman–Crippen LogP) is 4.57. The normalized spacial score (nSPS) is 15.3.